The smallest absolute Gasteiger partial charge is 0.0344 e. The Labute approximate surface area is 348 Å². The highest BCUT2D eigenvalue weighted by Crippen LogP contribution is 2.41. The Hall–Kier alpha value is 0.270. The van der Waals surface area contributed by atoms with Crippen LogP contribution < -0.4 is 0 Å². The predicted molar refractivity (Wildman–Crippen MR) is 251 cm³/mol. The molecule has 0 nitrogen and oxygen atoms in total. The van der Waals surface area contributed by atoms with Gasteiger partial charge < -0.3 is 0 Å². The third kappa shape index (κ3) is 33.0. The highest BCUT2D eigenvalue weighted by atomic mass is 32.2. The Balaban J connectivity index is 2.48. The Morgan fingerprint density at radius 2 is 0.509 bits per heavy atom. The number of hydrogen-bond acceptors (Lipinski definition) is 3. The fraction of sp³-hybridized carbons (Fsp3) is 0.880. The number of hydrogen-bond donors (Lipinski definition) is 0. The molecule has 0 heterocycles. The maximum atomic E-state index is 2.57. The standard InChI is InChI=1S/C50H94S3/c1-5-9-12-15-18-21-24-27-30-33-36-39-42-51-48-45-47(8-4)46-49(52-43-40-37-34-31-28-25-22-19-16-13-10-6-2)50(48)53-44-41-38-35-32-29-26-23-20-17-14-11-7-3/h45-46H,5-44H2,1-4H3. The summed E-state index contributed by atoms with van der Waals surface area (Å²) in [5.74, 6) is 3.88. The third-order valence-electron chi connectivity index (χ3n) is 11.2. The quantitative estimate of drug-likeness (QED) is 0.0478. The van der Waals surface area contributed by atoms with Crippen molar-refractivity contribution in [2.75, 3.05) is 17.3 Å². The zero-order chi connectivity index (χ0) is 38.1. The van der Waals surface area contributed by atoms with E-state index >= 15 is 0 Å². The molecule has 1 rings (SSSR count). The monoisotopic (exact) mass is 791 g/mol. The van der Waals surface area contributed by atoms with Crippen LogP contribution in [0, 0.1) is 0 Å². The van der Waals surface area contributed by atoms with E-state index in [1.807, 2.05) is 0 Å². The van der Waals surface area contributed by atoms with E-state index in [0.717, 1.165) is 6.42 Å². The molecule has 0 N–H and O–H groups in total. The van der Waals surface area contributed by atoms with E-state index in [0.29, 0.717) is 0 Å². The second-order valence-corrected chi connectivity index (χ2v) is 19.9. The lowest BCUT2D eigenvalue weighted by molar-refractivity contribution is 0.548. The van der Waals surface area contributed by atoms with Gasteiger partial charge in [0, 0.05) is 14.7 Å². The van der Waals surface area contributed by atoms with E-state index in [4.69, 9.17) is 0 Å². The summed E-state index contributed by atoms with van der Waals surface area (Å²) in [4.78, 5) is 4.85. The van der Waals surface area contributed by atoms with Crippen LogP contribution in [0.5, 0.6) is 0 Å². The highest BCUT2D eigenvalue weighted by molar-refractivity contribution is 8.03. The summed E-state index contributed by atoms with van der Waals surface area (Å²) in [5.41, 5.74) is 1.55. The minimum Gasteiger partial charge on any atom is -0.125 e. The molecule has 0 aliphatic heterocycles. The number of benzene rings is 1. The number of aryl methyl sites for hydroxylation is 1. The molecule has 1 aromatic carbocycles. The minimum atomic E-state index is 1.15. The van der Waals surface area contributed by atoms with Gasteiger partial charge in [0.15, 0.2) is 0 Å². The van der Waals surface area contributed by atoms with Crippen molar-refractivity contribution in [2.45, 2.75) is 280 Å². The van der Waals surface area contributed by atoms with Crippen LogP contribution in [0.1, 0.15) is 264 Å². The van der Waals surface area contributed by atoms with Gasteiger partial charge in [-0.2, -0.15) is 0 Å². The summed E-state index contributed by atoms with van der Waals surface area (Å²) in [6, 6.07) is 5.15. The van der Waals surface area contributed by atoms with Crippen LogP contribution in [0.25, 0.3) is 0 Å². The van der Waals surface area contributed by atoms with Gasteiger partial charge >= 0.3 is 0 Å². The molecule has 0 radical (unpaired) electrons. The van der Waals surface area contributed by atoms with Crippen molar-refractivity contribution >= 4 is 35.3 Å². The number of rotatable bonds is 43. The van der Waals surface area contributed by atoms with Crippen LogP contribution in [0.4, 0.5) is 0 Å². The van der Waals surface area contributed by atoms with Gasteiger partial charge in [-0.1, -0.05) is 240 Å². The highest BCUT2D eigenvalue weighted by Gasteiger charge is 2.13. The van der Waals surface area contributed by atoms with E-state index in [2.05, 4.69) is 75.1 Å². The first-order chi connectivity index (χ1) is 26.3. The summed E-state index contributed by atoms with van der Waals surface area (Å²) in [5, 5.41) is 0. The van der Waals surface area contributed by atoms with Crippen molar-refractivity contribution in [1.29, 1.82) is 0 Å². The van der Waals surface area contributed by atoms with Gasteiger partial charge in [0.25, 0.3) is 0 Å². The Morgan fingerprint density at radius 1 is 0.283 bits per heavy atom. The van der Waals surface area contributed by atoms with E-state index in [9.17, 15) is 0 Å². The molecule has 312 valence electrons. The van der Waals surface area contributed by atoms with Crippen molar-refractivity contribution in [3.05, 3.63) is 17.7 Å². The van der Waals surface area contributed by atoms with Gasteiger partial charge in [-0.25, -0.2) is 0 Å². The molecule has 53 heavy (non-hydrogen) atoms. The largest absolute Gasteiger partial charge is 0.125 e. The molecule has 0 unspecified atom stereocenters. The third-order valence-corrected chi connectivity index (χ3v) is 15.0. The Bertz CT molecular complexity index is 815. The van der Waals surface area contributed by atoms with Crippen molar-refractivity contribution in [3.63, 3.8) is 0 Å². The van der Waals surface area contributed by atoms with Gasteiger partial charge in [-0.15, -0.1) is 35.3 Å². The maximum absolute atomic E-state index is 2.57. The summed E-state index contributed by atoms with van der Waals surface area (Å²) in [7, 11) is 0. The van der Waals surface area contributed by atoms with E-state index in [1.165, 1.54) is 248 Å². The number of thioether (sulfide) groups is 3. The molecule has 0 bridgehead atoms. The van der Waals surface area contributed by atoms with E-state index in [-0.39, 0.29) is 0 Å². The van der Waals surface area contributed by atoms with Gasteiger partial charge in [0.05, 0.1) is 0 Å². The molecule has 0 fully saturated rings. The lowest BCUT2D eigenvalue weighted by atomic mass is 10.1. The molecular formula is C50H94S3. The molecule has 0 amide bonds. The molecule has 0 spiro atoms. The zero-order valence-electron chi connectivity index (χ0n) is 36.7. The van der Waals surface area contributed by atoms with Crippen LogP contribution >= 0.6 is 35.3 Å². The van der Waals surface area contributed by atoms with E-state index in [1.54, 1.807) is 20.2 Å². The average Bonchev–Trinajstić information content (AvgIpc) is 3.17. The lowest BCUT2D eigenvalue weighted by Crippen LogP contribution is -1.94. The van der Waals surface area contributed by atoms with Crippen molar-refractivity contribution in [2.24, 2.45) is 0 Å². The fourth-order valence-electron chi connectivity index (χ4n) is 7.56. The summed E-state index contributed by atoms with van der Waals surface area (Å²) in [6.07, 6.45) is 52.9. The van der Waals surface area contributed by atoms with E-state index < -0.39 is 0 Å². The summed E-state index contributed by atoms with van der Waals surface area (Å²) < 4.78 is 0. The van der Waals surface area contributed by atoms with Crippen LogP contribution in [0.3, 0.4) is 0 Å². The summed E-state index contributed by atoms with van der Waals surface area (Å²) >= 11 is 6.57. The van der Waals surface area contributed by atoms with Crippen molar-refractivity contribution in [3.8, 4) is 0 Å². The van der Waals surface area contributed by atoms with Crippen molar-refractivity contribution < 1.29 is 0 Å². The Kier molecular flexibility index (Phi) is 40.5. The van der Waals surface area contributed by atoms with Gasteiger partial charge in [-0.05, 0) is 60.6 Å². The van der Waals surface area contributed by atoms with Crippen LogP contribution in [0.15, 0.2) is 26.8 Å². The zero-order valence-corrected chi connectivity index (χ0v) is 39.1. The molecule has 3 heteroatoms. The van der Waals surface area contributed by atoms with Gasteiger partial charge in [-0.3, -0.25) is 0 Å². The normalized spacial score (nSPS) is 11.6. The first-order valence-electron chi connectivity index (χ1n) is 24.3. The van der Waals surface area contributed by atoms with Crippen LogP contribution in [0.2, 0.25) is 0 Å². The molecule has 0 atom stereocenters. The van der Waals surface area contributed by atoms with Crippen LogP contribution in [-0.4, -0.2) is 17.3 Å². The molecule has 0 saturated carbocycles. The topological polar surface area (TPSA) is 0 Å². The average molecular weight is 792 g/mol. The SMILES string of the molecule is CCCCCCCCCCCCCCSc1cc(CC)cc(SCCCCCCCCCCCCCC)c1SCCCCCCCCCCCCCC. The molecule has 0 saturated heterocycles. The molecule has 0 aromatic heterocycles. The molecular weight excluding hydrogens is 697 g/mol. The minimum absolute atomic E-state index is 1.15. The van der Waals surface area contributed by atoms with Gasteiger partial charge in [0.1, 0.15) is 0 Å². The second kappa shape index (κ2) is 41.9. The predicted octanol–water partition coefficient (Wildman–Crippen LogP) is 19.6. The Morgan fingerprint density at radius 3 is 0.755 bits per heavy atom. The fourth-order valence-corrected chi connectivity index (χ4v) is 11.4. The first-order valence-corrected chi connectivity index (χ1v) is 27.3. The number of unbranched alkanes of at least 4 members (excludes halogenated alkanes) is 33. The van der Waals surface area contributed by atoms with Gasteiger partial charge in [0.2, 0.25) is 0 Å². The summed E-state index contributed by atoms with van der Waals surface area (Å²) in [6.45, 7) is 9.31. The first kappa shape index (κ1) is 51.3. The van der Waals surface area contributed by atoms with Crippen molar-refractivity contribution in [1.82, 2.24) is 0 Å². The second-order valence-electron chi connectivity index (χ2n) is 16.5. The molecule has 0 aliphatic carbocycles. The lowest BCUT2D eigenvalue weighted by Gasteiger charge is -2.16. The molecule has 0 aliphatic rings. The maximum Gasteiger partial charge on any atom is 0.0344 e. The molecule has 1 aromatic rings. The van der Waals surface area contributed by atoms with Crippen LogP contribution in [-0.2, 0) is 6.42 Å².